The molecule has 0 radical (unpaired) electrons. The highest BCUT2D eigenvalue weighted by molar-refractivity contribution is 7.89. The summed E-state index contributed by atoms with van der Waals surface area (Å²) in [4.78, 5) is 11.7. The maximum atomic E-state index is 13.7. The molecular weight excluding hydrogens is 295 g/mol. The van der Waals surface area contributed by atoms with Crippen LogP contribution in [0, 0.1) is 17.2 Å². The summed E-state index contributed by atoms with van der Waals surface area (Å²) in [5, 5.41) is 7.53. The molecule has 1 aliphatic carbocycles. The fourth-order valence-electron chi connectivity index (χ4n) is 2.85. The van der Waals surface area contributed by atoms with Gasteiger partial charge in [0.15, 0.2) is 0 Å². The van der Waals surface area contributed by atoms with Gasteiger partial charge in [-0.15, -0.1) is 0 Å². The molecule has 0 spiro atoms. The molecule has 116 valence electrons. The Morgan fingerprint density at radius 2 is 2.10 bits per heavy atom. The highest BCUT2D eigenvalue weighted by Gasteiger charge is 2.39. The maximum absolute atomic E-state index is 13.7. The summed E-state index contributed by atoms with van der Waals surface area (Å²) < 4.78 is 36.0. The van der Waals surface area contributed by atoms with E-state index in [9.17, 15) is 17.6 Å². The van der Waals surface area contributed by atoms with Crippen LogP contribution in [0.5, 0.6) is 0 Å². The van der Waals surface area contributed by atoms with E-state index < -0.39 is 20.7 Å². The number of anilines is 1. The normalized spacial score (nSPS) is 21.2. The van der Waals surface area contributed by atoms with Gasteiger partial charge in [-0.05, 0) is 36.5 Å². The highest BCUT2D eigenvalue weighted by Crippen LogP contribution is 2.43. The summed E-state index contributed by atoms with van der Waals surface area (Å²) in [5.41, 5.74) is 0.149. The molecule has 2 rings (SSSR count). The number of amides is 1. The topological polar surface area (TPSA) is 89.3 Å². The molecule has 1 aromatic carbocycles. The van der Waals surface area contributed by atoms with Crippen LogP contribution in [0.1, 0.15) is 33.1 Å². The molecule has 0 aromatic heterocycles. The summed E-state index contributed by atoms with van der Waals surface area (Å²) >= 11 is 0. The van der Waals surface area contributed by atoms with E-state index in [4.69, 9.17) is 5.14 Å². The molecule has 0 bridgehead atoms. The summed E-state index contributed by atoms with van der Waals surface area (Å²) in [5.74, 6) is -1.26. The van der Waals surface area contributed by atoms with Crippen molar-refractivity contribution in [3.8, 4) is 0 Å². The molecule has 7 heteroatoms. The van der Waals surface area contributed by atoms with Crippen LogP contribution in [0.25, 0.3) is 0 Å². The second-order valence-electron chi connectivity index (χ2n) is 6.11. The Morgan fingerprint density at radius 1 is 1.43 bits per heavy atom. The van der Waals surface area contributed by atoms with Crippen molar-refractivity contribution in [2.75, 3.05) is 5.32 Å². The summed E-state index contributed by atoms with van der Waals surface area (Å²) in [6, 6.07) is 3.36. The van der Waals surface area contributed by atoms with Gasteiger partial charge in [0, 0.05) is 11.6 Å². The molecule has 1 unspecified atom stereocenters. The fraction of sp³-hybridized carbons (Fsp3) is 0.500. The van der Waals surface area contributed by atoms with Gasteiger partial charge in [0.25, 0.3) is 0 Å². The van der Waals surface area contributed by atoms with Crippen LogP contribution in [0.4, 0.5) is 10.1 Å². The van der Waals surface area contributed by atoms with Crippen LogP contribution in [-0.2, 0) is 14.8 Å². The van der Waals surface area contributed by atoms with Crippen LogP contribution in [0.2, 0.25) is 0 Å². The van der Waals surface area contributed by atoms with Crippen molar-refractivity contribution in [3.63, 3.8) is 0 Å². The zero-order valence-corrected chi connectivity index (χ0v) is 12.8. The van der Waals surface area contributed by atoms with Gasteiger partial charge >= 0.3 is 0 Å². The molecule has 21 heavy (non-hydrogen) atoms. The van der Waals surface area contributed by atoms with Gasteiger partial charge in [0.1, 0.15) is 10.7 Å². The zero-order chi connectivity index (χ0) is 15.8. The Labute approximate surface area is 123 Å². The quantitative estimate of drug-likeness (QED) is 0.896. The lowest BCUT2D eigenvalue weighted by Gasteiger charge is -2.25. The first kappa shape index (κ1) is 15.9. The number of carbonyl (C=O) groups excluding carboxylic acids is 1. The molecule has 3 N–H and O–H groups in total. The number of nitrogens with one attached hydrogen (secondary N) is 1. The average molecular weight is 314 g/mol. The van der Waals surface area contributed by atoms with Gasteiger partial charge in [-0.25, -0.2) is 17.9 Å². The zero-order valence-electron chi connectivity index (χ0n) is 12.0. The van der Waals surface area contributed by atoms with Gasteiger partial charge in [-0.3, -0.25) is 4.79 Å². The molecule has 0 saturated heterocycles. The Balaban J connectivity index is 2.18. The number of hydrogen-bond acceptors (Lipinski definition) is 3. The molecule has 1 atom stereocenters. The summed E-state index contributed by atoms with van der Waals surface area (Å²) in [6.45, 7) is 4.07. The fourth-order valence-corrected chi connectivity index (χ4v) is 3.44. The molecule has 0 aliphatic heterocycles. The second-order valence-corrected chi connectivity index (χ2v) is 7.64. The number of carbonyl (C=O) groups is 1. The monoisotopic (exact) mass is 314 g/mol. The van der Waals surface area contributed by atoms with E-state index in [1.807, 2.05) is 13.8 Å². The van der Waals surface area contributed by atoms with Crippen LogP contribution in [0.3, 0.4) is 0 Å². The van der Waals surface area contributed by atoms with E-state index in [1.165, 1.54) is 6.07 Å². The minimum atomic E-state index is -4.10. The van der Waals surface area contributed by atoms with E-state index in [1.54, 1.807) is 0 Å². The third kappa shape index (κ3) is 3.41. The van der Waals surface area contributed by atoms with E-state index in [0.29, 0.717) is 0 Å². The number of rotatable bonds is 3. The van der Waals surface area contributed by atoms with Crippen LogP contribution in [-0.4, -0.2) is 14.3 Å². The van der Waals surface area contributed by atoms with Crippen molar-refractivity contribution < 1.29 is 17.6 Å². The second kappa shape index (κ2) is 5.38. The Morgan fingerprint density at radius 3 is 2.57 bits per heavy atom. The minimum absolute atomic E-state index is 0.0802. The molecule has 5 nitrogen and oxygen atoms in total. The van der Waals surface area contributed by atoms with Crippen molar-refractivity contribution in [3.05, 3.63) is 24.0 Å². The lowest BCUT2D eigenvalue weighted by atomic mass is 9.81. The average Bonchev–Trinajstić information content (AvgIpc) is 2.67. The summed E-state index contributed by atoms with van der Waals surface area (Å²) in [6.07, 6.45) is 2.77. The Kier molecular flexibility index (Phi) is 4.08. The van der Waals surface area contributed by atoms with Crippen LogP contribution >= 0.6 is 0 Å². The van der Waals surface area contributed by atoms with Crippen molar-refractivity contribution in [1.82, 2.24) is 0 Å². The van der Waals surface area contributed by atoms with Gasteiger partial charge in [-0.2, -0.15) is 0 Å². The predicted octanol–water partition coefficient (Wildman–Crippen LogP) is 2.24. The van der Waals surface area contributed by atoms with Gasteiger partial charge in [0.2, 0.25) is 15.9 Å². The molecule has 0 heterocycles. The van der Waals surface area contributed by atoms with E-state index in [2.05, 4.69) is 5.32 Å². The van der Waals surface area contributed by atoms with E-state index in [0.717, 1.165) is 31.4 Å². The van der Waals surface area contributed by atoms with Crippen molar-refractivity contribution >= 4 is 21.6 Å². The van der Waals surface area contributed by atoms with Crippen molar-refractivity contribution in [1.29, 1.82) is 0 Å². The van der Waals surface area contributed by atoms with Gasteiger partial charge in [0.05, 0.1) is 0 Å². The number of halogens is 1. The first-order chi connectivity index (χ1) is 9.61. The van der Waals surface area contributed by atoms with Crippen LogP contribution < -0.4 is 10.5 Å². The van der Waals surface area contributed by atoms with Crippen molar-refractivity contribution in [2.24, 2.45) is 16.5 Å². The number of primary sulfonamides is 1. The molecule has 1 fully saturated rings. The number of hydrogen-bond donors (Lipinski definition) is 2. The molecular formula is C14H19FN2O3S. The van der Waals surface area contributed by atoms with Crippen LogP contribution in [0.15, 0.2) is 23.1 Å². The Hall–Kier alpha value is -1.47. The molecule has 1 aliphatic rings. The van der Waals surface area contributed by atoms with Gasteiger partial charge in [-0.1, -0.05) is 20.3 Å². The predicted molar refractivity (Wildman–Crippen MR) is 77.5 cm³/mol. The minimum Gasteiger partial charge on any atom is -0.326 e. The standard InChI is InChI=1S/C14H19FN2O3S/c1-14(2)7-3-4-10(14)13(18)17-9-5-6-12(11(15)8-9)21(16,19)20/h5-6,8,10H,3-4,7H2,1-2H3,(H,17,18)(H2,16,19,20). The SMILES string of the molecule is CC1(C)CCCC1C(=O)Nc1ccc(S(N)(=O)=O)c(F)c1. The molecule has 1 amide bonds. The lowest BCUT2D eigenvalue weighted by molar-refractivity contribution is -0.122. The lowest BCUT2D eigenvalue weighted by Crippen LogP contribution is -2.30. The number of benzene rings is 1. The summed E-state index contributed by atoms with van der Waals surface area (Å²) in [7, 11) is -4.10. The third-order valence-electron chi connectivity index (χ3n) is 4.08. The first-order valence-corrected chi connectivity index (χ1v) is 8.29. The number of nitrogens with two attached hydrogens (primary N) is 1. The maximum Gasteiger partial charge on any atom is 0.240 e. The van der Waals surface area contributed by atoms with Crippen molar-refractivity contribution in [2.45, 2.75) is 38.0 Å². The Bertz CT molecular complexity index is 671. The smallest absolute Gasteiger partial charge is 0.240 e. The molecule has 1 aromatic rings. The number of sulfonamides is 1. The molecule has 1 saturated carbocycles. The van der Waals surface area contributed by atoms with E-state index in [-0.39, 0.29) is 22.9 Å². The van der Waals surface area contributed by atoms with Gasteiger partial charge < -0.3 is 5.32 Å². The van der Waals surface area contributed by atoms with E-state index >= 15 is 0 Å². The first-order valence-electron chi connectivity index (χ1n) is 6.74. The highest BCUT2D eigenvalue weighted by atomic mass is 32.2. The largest absolute Gasteiger partial charge is 0.326 e. The third-order valence-corrected chi connectivity index (χ3v) is 5.02.